The molecule has 0 bridgehead atoms. The normalized spacial score (nSPS) is 15.2. The number of hydrogen-bond acceptors (Lipinski definition) is 5. The van der Waals surface area contributed by atoms with E-state index >= 15 is 0 Å². The highest BCUT2D eigenvalue weighted by atomic mass is 35.5. The number of nitrogens with one attached hydrogen (secondary N) is 1. The van der Waals surface area contributed by atoms with Crippen LogP contribution in [0.2, 0.25) is 5.02 Å². The van der Waals surface area contributed by atoms with Crippen molar-refractivity contribution in [3.8, 4) is 11.1 Å². The Morgan fingerprint density at radius 3 is 2.20 bits per heavy atom. The van der Waals surface area contributed by atoms with Crippen LogP contribution in [0.1, 0.15) is 23.6 Å². The molecular formula is C32H27ClN4O3S. The summed E-state index contributed by atoms with van der Waals surface area (Å²) >= 11 is 6.41. The zero-order valence-corrected chi connectivity index (χ0v) is 24.0. The molecule has 1 aliphatic heterocycles. The quantitative estimate of drug-likeness (QED) is 0.249. The molecule has 0 saturated heterocycles. The van der Waals surface area contributed by atoms with E-state index in [4.69, 9.17) is 16.7 Å². The van der Waals surface area contributed by atoms with Gasteiger partial charge in [0.2, 0.25) is 0 Å². The van der Waals surface area contributed by atoms with Crippen molar-refractivity contribution in [3.63, 3.8) is 0 Å². The maximum absolute atomic E-state index is 14.0. The topological polar surface area (TPSA) is 85.8 Å². The first-order valence-electron chi connectivity index (χ1n) is 13.1. The lowest BCUT2D eigenvalue weighted by molar-refractivity contribution is 0.371. The van der Waals surface area contributed by atoms with Gasteiger partial charge in [-0.15, -0.1) is 0 Å². The molecule has 1 atom stereocenters. The number of benzene rings is 4. The first-order chi connectivity index (χ1) is 19.7. The fourth-order valence-electron chi connectivity index (χ4n) is 5.25. The molecule has 1 aliphatic rings. The Labute approximate surface area is 243 Å². The molecule has 4 aromatic carbocycles. The molecule has 41 heavy (non-hydrogen) atoms. The number of sulfonamides is 1. The number of H-pyrrole nitrogens is 1. The van der Waals surface area contributed by atoms with Crippen LogP contribution in [0.4, 0.5) is 5.69 Å². The molecule has 5 aromatic rings. The molecule has 0 radical (unpaired) electrons. The molecule has 0 spiro atoms. The first kappa shape index (κ1) is 26.8. The van der Waals surface area contributed by atoms with Crippen LogP contribution in [0.15, 0.2) is 118 Å². The van der Waals surface area contributed by atoms with Gasteiger partial charge in [0.1, 0.15) is 0 Å². The average molecular weight is 583 g/mol. The molecule has 0 fully saturated rings. The van der Waals surface area contributed by atoms with E-state index < -0.39 is 16.1 Å². The molecular weight excluding hydrogens is 556 g/mol. The lowest BCUT2D eigenvalue weighted by atomic mass is 9.91. The zero-order chi connectivity index (χ0) is 28.7. The van der Waals surface area contributed by atoms with Crippen LogP contribution >= 0.6 is 11.6 Å². The van der Waals surface area contributed by atoms with Crippen LogP contribution in [0.3, 0.4) is 0 Å². The Bertz CT molecular complexity index is 1940. The summed E-state index contributed by atoms with van der Waals surface area (Å²) in [5, 5.41) is 5.97. The minimum absolute atomic E-state index is 0.127. The third kappa shape index (κ3) is 4.90. The predicted molar refractivity (Wildman–Crippen MR) is 165 cm³/mol. The Morgan fingerprint density at radius 1 is 0.878 bits per heavy atom. The van der Waals surface area contributed by atoms with E-state index in [1.54, 1.807) is 42.5 Å². The van der Waals surface area contributed by atoms with Gasteiger partial charge in [0.05, 0.1) is 22.2 Å². The number of aromatic nitrogens is 1. The van der Waals surface area contributed by atoms with Crippen molar-refractivity contribution in [3.05, 3.63) is 130 Å². The molecule has 9 heteroatoms. The molecule has 2 heterocycles. The zero-order valence-electron chi connectivity index (χ0n) is 22.5. The van der Waals surface area contributed by atoms with Gasteiger partial charge in [0.25, 0.3) is 15.6 Å². The van der Waals surface area contributed by atoms with E-state index in [2.05, 4.69) is 4.98 Å². The van der Waals surface area contributed by atoms with E-state index in [9.17, 15) is 13.2 Å². The lowest BCUT2D eigenvalue weighted by Gasteiger charge is -2.24. The number of pyridine rings is 1. The number of fused-ring (bicyclic) bond motifs is 1. The second-order valence-electron chi connectivity index (χ2n) is 10.1. The highest BCUT2D eigenvalue weighted by Gasteiger charge is 2.39. The summed E-state index contributed by atoms with van der Waals surface area (Å²) in [6.45, 7) is 0. The van der Waals surface area contributed by atoms with Crippen LogP contribution in [-0.4, -0.2) is 37.6 Å². The number of rotatable bonds is 6. The van der Waals surface area contributed by atoms with E-state index in [0.29, 0.717) is 27.4 Å². The summed E-state index contributed by atoms with van der Waals surface area (Å²) in [4.78, 5) is 18.8. The summed E-state index contributed by atoms with van der Waals surface area (Å²) in [5.74, 6) is 0. The number of hydrogen-bond donors (Lipinski definition) is 1. The van der Waals surface area contributed by atoms with Crippen LogP contribution in [-0.2, 0) is 10.0 Å². The van der Waals surface area contributed by atoms with Crippen LogP contribution in [0, 0.1) is 0 Å². The maximum atomic E-state index is 14.0. The van der Waals surface area contributed by atoms with Crippen LogP contribution in [0.25, 0.3) is 22.0 Å². The van der Waals surface area contributed by atoms with Crippen LogP contribution in [0.5, 0.6) is 0 Å². The van der Waals surface area contributed by atoms with Gasteiger partial charge in [-0.1, -0.05) is 72.3 Å². The van der Waals surface area contributed by atoms with Gasteiger partial charge in [-0.25, -0.2) is 0 Å². The molecule has 0 aliphatic carbocycles. The highest BCUT2D eigenvalue weighted by Crippen LogP contribution is 2.40. The molecule has 7 nitrogen and oxygen atoms in total. The van der Waals surface area contributed by atoms with Gasteiger partial charge < -0.3 is 9.88 Å². The monoisotopic (exact) mass is 582 g/mol. The van der Waals surface area contributed by atoms with E-state index in [1.165, 1.54) is 0 Å². The molecule has 0 saturated carbocycles. The van der Waals surface area contributed by atoms with Crippen molar-refractivity contribution in [2.75, 3.05) is 19.0 Å². The fourth-order valence-corrected chi connectivity index (χ4v) is 6.88. The second kappa shape index (κ2) is 10.5. The average Bonchev–Trinajstić information content (AvgIpc) is 3.44. The van der Waals surface area contributed by atoms with Crippen molar-refractivity contribution < 1.29 is 8.42 Å². The SMILES string of the molecule is CN(C)c1ccc([C@@H]2CC(c3c(-c4ccccc4)c4cc(Cl)ccc4[nH]c3=O)=NN2S(=O)(=O)c2ccccc2)cc1. The van der Waals surface area contributed by atoms with Gasteiger partial charge in [-0.3, -0.25) is 4.79 Å². The number of anilines is 1. The summed E-state index contributed by atoms with van der Waals surface area (Å²) < 4.78 is 29.1. The maximum Gasteiger partial charge on any atom is 0.279 e. The van der Waals surface area contributed by atoms with Crippen molar-refractivity contribution in [2.24, 2.45) is 5.10 Å². The van der Waals surface area contributed by atoms with Gasteiger partial charge in [0, 0.05) is 47.7 Å². The van der Waals surface area contributed by atoms with E-state index in [0.717, 1.165) is 26.6 Å². The Kier molecular flexibility index (Phi) is 6.89. The standard InChI is InChI=1S/C32H27ClN4O3S/c1-36(2)24-16-13-21(14-17-24)29-20-28(35-37(29)41(39,40)25-11-7-4-8-12-25)31-30(22-9-5-3-6-10-22)26-19-23(33)15-18-27(26)34-32(31)38/h3-19,29H,20H2,1-2H3,(H,34,38)/t29-/m0/s1. The number of hydrazone groups is 1. The van der Waals surface area contributed by atoms with Gasteiger partial charge in [-0.05, 0) is 53.6 Å². The van der Waals surface area contributed by atoms with Crippen molar-refractivity contribution in [2.45, 2.75) is 17.4 Å². The molecule has 206 valence electrons. The molecule has 6 rings (SSSR count). The number of halogens is 1. The molecule has 1 aromatic heterocycles. The first-order valence-corrected chi connectivity index (χ1v) is 14.9. The summed E-state index contributed by atoms with van der Waals surface area (Å²) in [6, 6.07) is 30.1. The van der Waals surface area contributed by atoms with Crippen molar-refractivity contribution >= 4 is 43.9 Å². The largest absolute Gasteiger partial charge is 0.378 e. The van der Waals surface area contributed by atoms with Gasteiger partial charge >= 0.3 is 0 Å². The predicted octanol–water partition coefficient (Wildman–Crippen LogP) is 6.45. The molecule has 0 amide bonds. The van der Waals surface area contributed by atoms with E-state index in [1.807, 2.05) is 79.7 Å². The molecule has 1 N–H and O–H groups in total. The fraction of sp³-hybridized carbons (Fsp3) is 0.125. The Balaban J connectivity index is 1.58. The van der Waals surface area contributed by atoms with E-state index in [-0.39, 0.29) is 16.9 Å². The second-order valence-corrected chi connectivity index (χ2v) is 12.3. The Hall–Kier alpha value is -4.40. The minimum atomic E-state index is -4.04. The lowest BCUT2D eigenvalue weighted by Crippen LogP contribution is -2.27. The summed E-state index contributed by atoms with van der Waals surface area (Å²) in [7, 11) is -0.149. The molecule has 0 unspecified atom stereocenters. The van der Waals surface area contributed by atoms with Gasteiger partial charge in [-0.2, -0.15) is 17.9 Å². The Morgan fingerprint density at radius 2 is 1.54 bits per heavy atom. The summed E-state index contributed by atoms with van der Waals surface area (Å²) in [5.41, 5.74) is 4.21. The minimum Gasteiger partial charge on any atom is -0.378 e. The third-order valence-electron chi connectivity index (χ3n) is 7.28. The summed E-state index contributed by atoms with van der Waals surface area (Å²) in [6.07, 6.45) is 0.211. The third-order valence-corrected chi connectivity index (χ3v) is 9.21. The van der Waals surface area contributed by atoms with Crippen molar-refractivity contribution in [1.29, 1.82) is 0 Å². The van der Waals surface area contributed by atoms with Crippen LogP contribution < -0.4 is 10.5 Å². The van der Waals surface area contributed by atoms with Gasteiger partial charge in [0.15, 0.2) is 0 Å². The van der Waals surface area contributed by atoms with Crippen molar-refractivity contribution in [1.82, 2.24) is 9.40 Å². The highest BCUT2D eigenvalue weighted by molar-refractivity contribution is 7.89. The number of nitrogens with zero attached hydrogens (tertiary/aromatic N) is 3. The smallest absolute Gasteiger partial charge is 0.279 e. The number of aromatic amines is 1.